The molecule has 6 aliphatic rings. The van der Waals surface area contributed by atoms with E-state index >= 15 is 0 Å². The van der Waals surface area contributed by atoms with Crippen LogP contribution in [0.5, 0.6) is 0 Å². The molecule has 1 aliphatic heterocycles. The molecule has 0 spiro atoms. The summed E-state index contributed by atoms with van der Waals surface area (Å²) in [6, 6.07) is 0.186. The summed E-state index contributed by atoms with van der Waals surface area (Å²) in [5.41, 5.74) is -0.115. The number of nitrogens with zero attached hydrogens (tertiary/aromatic N) is 2. The molecule has 0 radical (unpaired) electrons. The first-order valence-corrected chi connectivity index (χ1v) is 12.0. The van der Waals surface area contributed by atoms with Gasteiger partial charge in [0.05, 0.1) is 5.41 Å². The van der Waals surface area contributed by atoms with Crippen molar-refractivity contribution in [2.75, 3.05) is 13.6 Å². The molecule has 156 valence electrons. The molecule has 6 fully saturated rings. The Morgan fingerprint density at radius 3 is 2.04 bits per heavy atom. The van der Waals surface area contributed by atoms with E-state index in [4.69, 9.17) is 0 Å². The van der Waals surface area contributed by atoms with Crippen LogP contribution in [0.25, 0.3) is 0 Å². The highest BCUT2D eigenvalue weighted by Gasteiger charge is 2.57. The molecule has 1 atom stereocenters. The van der Waals surface area contributed by atoms with Crippen LogP contribution < -0.4 is 0 Å². The second kappa shape index (κ2) is 7.02. The van der Waals surface area contributed by atoms with Gasteiger partial charge in [-0.2, -0.15) is 0 Å². The Morgan fingerprint density at radius 1 is 0.893 bits per heavy atom. The fourth-order valence-corrected chi connectivity index (χ4v) is 7.99. The monoisotopic (exact) mass is 386 g/mol. The van der Waals surface area contributed by atoms with Gasteiger partial charge in [0.1, 0.15) is 6.04 Å². The first kappa shape index (κ1) is 18.9. The van der Waals surface area contributed by atoms with E-state index in [0.717, 1.165) is 75.2 Å². The number of likely N-dealkylation sites (N-methyl/N-ethyl adjacent to an activating group) is 1. The van der Waals surface area contributed by atoms with E-state index in [0.29, 0.717) is 11.9 Å². The number of amides is 2. The molecule has 0 N–H and O–H groups in total. The van der Waals surface area contributed by atoms with Gasteiger partial charge >= 0.3 is 0 Å². The highest BCUT2D eigenvalue weighted by molar-refractivity contribution is 5.91. The number of carbonyl (C=O) groups is 2. The van der Waals surface area contributed by atoms with E-state index < -0.39 is 0 Å². The minimum Gasteiger partial charge on any atom is -0.341 e. The Hall–Kier alpha value is -1.06. The molecule has 4 nitrogen and oxygen atoms in total. The molecule has 28 heavy (non-hydrogen) atoms. The maximum absolute atomic E-state index is 13.8. The van der Waals surface area contributed by atoms with Crippen molar-refractivity contribution in [2.45, 2.75) is 96.1 Å². The Balaban J connectivity index is 1.30. The molecule has 1 saturated heterocycles. The average molecular weight is 387 g/mol. The molecule has 1 unspecified atom stereocenters. The molecule has 2 amide bonds. The van der Waals surface area contributed by atoms with Gasteiger partial charge in [-0.15, -0.1) is 0 Å². The lowest BCUT2D eigenvalue weighted by Crippen LogP contribution is -2.58. The highest BCUT2D eigenvalue weighted by Crippen LogP contribution is 2.60. The van der Waals surface area contributed by atoms with Gasteiger partial charge in [-0.05, 0) is 101 Å². The van der Waals surface area contributed by atoms with E-state index in [1.165, 1.54) is 32.1 Å². The molecular weight excluding hydrogens is 348 g/mol. The molecule has 5 aliphatic carbocycles. The van der Waals surface area contributed by atoms with Crippen molar-refractivity contribution in [2.24, 2.45) is 29.1 Å². The van der Waals surface area contributed by atoms with Crippen LogP contribution in [0.15, 0.2) is 0 Å². The quantitative estimate of drug-likeness (QED) is 0.728. The zero-order valence-electron chi connectivity index (χ0n) is 17.9. The lowest BCUT2D eigenvalue weighted by atomic mass is 9.49. The fraction of sp³-hybridized carbons (Fsp3) is 0.917. The fourth-order valence-electron chi connectivity index (χ4n) is 7.99. The smallest absolute Gasteiger partial charge is 0.245 e. The van der Waals surface area contributed by atoms with Gasteiger partial charge in [0, 0.05) is 19.6 Å². The Morgan fingerprint density at radius 2 is 1.46 bits per heavy atom. The minimum absolute atomic E-state index is 0.115. The van der Waals surface area contributed by atoms with Crippen LogP contribution in [-0.2, 0) is 9.59 Å². The number of rotatable bonds is 3. The zero-order valence-corrected chi connectivity index (χ0v) is 17.9. The van der Waals surface area contributed by atoms with Gasteiger partial charge < -0.3 is 9.80 Å². The van der Waals surface area contributed by atoms with Gasteiger partial charge in [0.2, 0.25) is 11.8 Å². The van der Waals surface area contributed by atoms with Crippen molar-refractivity contribution < 1.29 is 9.59 Å². The van der Waals surface area contributed by atoms with Crippen LogP contribution in [0.1, 0.15) is 84.0 Å². The summed E-state index contributed by atoms with van der Waals surface area (Å²) < 4.78 is 0. The molecule has 0 aromatic rings. The first-order chi connectivity index (χ1) is 13.4. The van der Waals surface area contributed by atoms with Gasteiger partial charge in [-0.25, -0.2) is 0 Å². The summed E-state index contributed by atoms with van der Waals surface area (Å²) in [7, 11) is 1.99. The second-order valence-electron chi connectivity index (χ2n) is 11.2. The predicted molar refractivity (Wildman–Crippen MR) is 110 cm³/mol. The highest BCUT2D eigenvalue weighted by atomic mass is 16.2. The normalized spacial score (nSPS) is 44.7. The Kier molecular flexibility index (Phi) is 4.75. The van der Waals surface area contributed by atoms with Crippen molar-refractivity contribution in [1.82, 2.24) is 9.80 Å². The predicted octanol–water partition coefficient (Wildman–Crippen LogP) is 4.23. The number of likely N-dealkylation sites (tertiary alicyclic amines) is 1. The van der Waals surface area contributed by atoms with E-state index in [9.17, 15) is 9.59 Å². The standard InChI is InChI=1S/C24H38N2O2/c1-16-5-7-20(8-6-16)25(2)22(27)21-4-3-9-26(21)23(28)24-13-17-10-18(14-24)12-19(11-17)15-24/h16-21H,3-15H2,1-2H3. The van der Waals surface area contributed by atoms with Crippen LogP contribution >= 0.6 is 0 Å². The van der Waals surface area contributed by atoms with Crippen LogP contribution in [0.4, 0.5) is 0 Å². The van der Waals surface area contributed by atoms with Crippen LogP contribution in [0.3, 0.4) is 0 Å². The van der Waals surface area contributed by atoms with E-state index in [2.05, 4.69) is 6.92 Å². The van der Waals surface area contributed by atoms with E-state index in [1.54, 1.807) is 0 Å². The maximum Gasteiger partial charge on any atom is 0.245 e. The average Bonchev–Trinajstić information content (AvgIpc) is 3.15. The van der Waals surface area contributed by atoms with Crippen molar-refractivity contribution in [3.8, 4) is 0 Å². The van der Waals surface area contributed by atoms with Gasteiger partial charge in [0.25, 0.3) is 0 Å². The summed E-state index contributed by atoms with van der Waals surface area (Å²) in [4.78, 5) is 31.3. The van der Waals surface area contributed by atoms with Crippen LogP contribution in [-0.4, -0.2) is 47.3 Å². The molecule has 4 bridgehead atoms. The SMILES string of the molecule is CC1CCC(N(C)C(=O)C2CCCN2C(=O)C23CC4CC(CC(C4)C2)C3)CC1. The van der Waals surface area contributed by atoms with Crippen LogP contribution in [0, 0.1) is 29.1 Å². The summed E-state index contributed by atoms with van der Waals surface area (Å²) in [5, 5.41) is 0. The molecular formula is C24H38N2O2. The molecule has 0 aromatic carbocycles. The zero-order chi connectivity index (χ0) is 19.5. The topological polar surface area (TPSA) is 40.6 Å². The van der Waals surface area contributed by atoms with Crippen molar-refractivity contribution in [3.63, 3.8) is 0 Å². The lowest BCUT2D eigenvalue weighted by Gasteiger charge is -2.56. The number of carbonyl (C=O) groups excluding carboxylic acids is 2. The Bertz CT molecular complexity index is 601. The van der Waals surface area contributed by atoms with Gasteiger partial charge in [0.15, 0.2) is 0 Å². The summed E-state index contributed by atoms with van der Waals surface area (Å²) >= 11 is 0. The van der Waals surface area contributed by atoms with Crippen molar-refractivity contribution >= 4 is 11.8 Å². The van der Waals surface area contributed by atoms with Crippen molar-refractivity contribution in [1.29, 1.82) is 0 Å². The molecule has 0 aromatic heterocycles. The molecule has 1 heterocycles. The second-order valence-corrected chi connectivity index (χ2v) is 11.2. The summed E-state index contributed by atoms with van der Waals surface area (Å²) in [5.74, 6) is 3.69. The first-order valence-electron chi connectivity index (χ1n) is 12.0. The number of hydrogen-bond acceptors (Lipinski definition) is 2. The van der Waals surface area contributed by atoms with Crippen molar-refractivity contribution in [3.05, 3.63) is 0 Å². The lowest BCUT2D eigenvalue weighted by molar-refractivity contribution is -0.162. The molecule has 5 saturated carbocycles. The van der Waals surface area contributed by atoms with Crippen LogP contribution in [0.2, 0.25) is 0 Å². The third-order valence-electron chi connectivity index (χ3n) is 9.17. The van der Waals surface area contributed by atoms with E-state index in [-0.39, 0.29) is 17.4 Å². The molecule has 6 rings (SSSR count). The third-order valence-corrected chi connectivity index (χ3v) is 9.17. The minimum atomic E-state index is -0.190. The number of hydrogen-bond donors (Lipinski definition) is 0. The maximum atomic E-state index is 13.8. The Labute approximate surface area is 170 Å². The summed E-state index contributed by atoms with van der Waals surface area (Å²) in [6.07, 6.45) is 13.9. The van der Waals surface area contributed by atoms with Gasteiger partial charge in [-0.1, -0.05) is 6.92 Å². The third kappa shape index (κ3) is 3.10. The van der Waals surface area contributed by atoms with Gasteiger partial charge in [-0.3, -0.25) is 9.59 Å². The summed E-state index contributed by atoms with van der Waals surface area (Å²) in [6.45, 7) is 3.12. The van der Waals surface area contributed by atoms with E-state index in [1.807, 2.05) is 16.8 Å². The molecule has 4 heteroatoms. The largest absolute Gasteiger partial charge is 0.341 e.